The van der Waals surface area contributed by atoms with Crippen LogP contribution in [0.15, 0.2) is 12.3 Å². The van der Waals surface area contributed by atoms with Crippen LogP contribution in [0, 0.1) is 5.92 Å². The Balaban J connectivity index is 1.74. The summed E-state index contributed by atoms with van der Waals surface area (Å²) in [4.78, 5) is 2.46. The number of fused-ring (bicyclic) bond motifs is 2. The number of hydrogen-bond acceptors (Lipinski definition) is 3. The zero-order valence-corrected chi connectivity index (χ0v) is 11.3. The van der Waals surface area contributed by atoms with Crippen molar-refractivity contribution < 1.29 is 5.11 Å². The molecule has 4 heteroatoms. The minimum Gasteiger partial charge on any atom is -0.389 e. The van der Waals surface area contributed by atoms with Crippen molar-refractivity contribution in [2.45, 2.75) is 44.8 Å². The molecule has 4 nitrogen and oxygen atoms in total. The van der Waals surface area contributed by atoms with Crippen LogP contribution in [0.1, 0.15) is 38.4 Å². The van der Waals surface area contributed by atoms with E-state index in [-0.39, 0.29) is 0 Å². The van der Waals surface area contributed by atoms with Gasteiger partial charge in [-0.25, -0.2) is 0 Å². The second-order valence-corrected chi connectivity index (χ2v) is 6.20. The van der Waals surface area contributed by atoms with Crippen LogP contribution in [0.5, 0.6) is 0 Å². The van der Waals surface area contributed by atoms with E-state index in [9.17, 15) is 5.11 Å². The summed E-state index contributed by atoms with van der Waals surface area (Å²) < 4.78 is 1.97. The Bertz CT molecular complexity index is 428. The third-order valence-corrected chi connectivity index (χ3v) is 4.57. The topological polar surface area (TPSA) is 41.3 Å². The van der Waals surface area contributed by atoms with E-state index in [1.807, 2.05) is 10.9 Å². The molecule has 0 amide bonds. The second-order valence-electron chi connectivity index (χ2n) is 6.20. The van der Waals surface area contributed by atoms with Crippen molar-refractivity contribution >= 4 is 0 Å². The van der Waals surface area contributed by atoms with Crippen LogP contribution in [0.2, 0.25) is 0 Å². The number of hydrogen-bond donors (Lipinski definition) is 1. The first-order valence-electron chi connectivity index (χ1n) is 7.05. The van der Waals surface area contributed by atoms with E-state index in [0.29, 0.717) is 18.4 Å². The van der Waals surface area contributed by atoms with Crippen LogP contribution >= 0.6 is 0 Å². The molecule has 3 rings (SSSR count). The highest BCUT2D eigenvalue weighted by Gasteiger charge is 2.45. The maximum absolute atomic E-state index is 10.9. The number of rotatable bonds is 3. The van der Waals surface area contributed by atoms with Crippen LogP contribution in [0.3, 0.4) is 0 Å². The summed E-state index contributed by atoms with van der Waals surface area (Å²) in [6.07, 6.45) is 4.77. The van der Waals surface area contributed by atoms with Gasteiger partial charge in [0.25, 0.3) is 0 Å². The Hall–Kier alpha value is -0.870. The largest absolute Gasteiger partial charge is 0.389 e. The summed E-state index contributed by atoms with van der Waals surface area (Å²) in [6.45, 7) is 7.52. The van der Waals surface area contributed by atoms with E-state index in [0.717, 1.165) is 38.2 Å². The summed E-state index contributed by atoms with van der Waals surface area (Å²) in [7, 11) is 0. The molecule has 1 aromatic rings. The van der Waals surface area contributed by atoms with Crippen molar-refractivity contribution in [2.24, 2.45) is 5.92 Å². The molecule has 2 saturated heterocycles. The lowest BCUT2D eigenvalue weighted by molar-refractivity contribution is -0.0446. The van der Waals surface area contributed by atoms with E-state index >= 15 is 0 Å². The molecular weight excluding hydrogens is 226 g/mol. The molecule has 3 atom stereocenters. The number of nitrogens with zero attached hydrogens (tertiary/aromatic N) is 3. The highest BCUT2D eigenvalue weighted by molar-refractivity contribution is 5.09. The first-order chi connectivity index (χ1) is 8.57. The Kier molecular flexibility index (Phi) is 2.94. The number of aromatic nitrogens is 2. The smallest absolute Gasteiger partial charge is 0.0756 e. The van der Waals surface area contributed by atoms with Crippen LogP contribution in [-0.4, -0.2) is 45.0 Å². The minimum atomic E-state index is -0.525. The Morgan fingerprint density at radius 3 is 3.06 bits per heavy atom. The molecule has 100 valence electrons. The van der Waals surface area contributed by atoms with Gasteiger partial charge in [-0.3, -0.25) is 4.68 Å². The molecule has 3 unspecified atom stereocenters. The molecule has 3 heterocycles. The molecule has 2 fully saturated rings. The van der Waals surface area contributed by atoms with Crippen molar-refractivity contribution in [2.75, 3.05) is 19.6 Å². The van der Waals surface area contributed by atoms with Crippen LogP contribution in [0.25, 0.3) is 0 Å². The van der Waals surface area contributed by atoms with Gasteiger partial charge in [0.1, 0.15) is 0 Å². The van der Waals surface area contributed by atoms with Gasteiger partial charge in [0.05, 0.1) is 11.3 Å². The average molecular weight is 249 g/mol. The summed E-state index contributed by atoms with van der Waals surface area (Å²) in [5.41, 5.74) is 0.509. The van der Waals surface area contributed by atoms with Gasteiger partial charge < -0.3 is 10.0 Å². The molecule has 2 bridgehead atoms. The van der Waals surface area contributed by atoms with Gasteiger partial charge in [-0.15, -0.1) is 0 Å². The van der Waals surface area contributed by atoms with Crippen LogP contribution in [0.4, 0.5) is 0 Å². The number of aliphatic hydroxyl groups is 1. The van der Waals surface area contributed by atoms with Crippen molar-refractivity contribution in [1.82, 2.24) is 14.7 Å². The van der Waals surface area contributed by atoms with Crippen LogP contribution in [-0.2, 0) is 6.42 Å². The third kappa shape index (κ3) is 2.08. The first kappa shape index (κ1) is 12.2. The Labute approximate surface area is 109 Å². The maximum atomic E-state index is 10.9. The average Bonchev–Trinajstić information content (AvgIpc) is 2.92. The first-order valence-corrected chi connectivity index (χ1v) is 7.05. The standard InChI is InChI=1S/C14H23N3O/c1-11(2)17-7-4-13(15-17)9-14(18)5-8-16-6-3-12(14)10-16/h4,7,11-12,18H,3,5-6,8-10H2,1-2H3. The van der Waals surface area contributed by atoms with E-state index in [1.54, 1.807) is 0 Å². The fourth-order valence-electron chi connectivity index (χ4n) is 3.34. The highest BCUT2D eigenvalue weighted by Crippen LogP contribution is 2.37. The monoisotopic (exact) mass is 249 g/mol. The van der Waals surface area contributed by atoms with Gasteiger partial charge >= 0.3 is 0 Å². The van der Waals surface area contributed by atoms with Gasteiger partial charge in [0.2, 0.25) is 0 Å². The molecule has 0 aliphatic carbocycles. The van der Waals surface area contributed by atoms with Gasteiger partial charge in [0.15, 0.2) is 0 Å². The van der Waals surface area contributed by atoms with Gasteiger partial charge in [-0.05, 0) is 39.3 Å². The van der Waals surface area contributed by atoms with Crippen molar-refractivity contribution in [3.63, 3.8) is 0 Å². The van der Waals surface area contributed by atoms with Gasteiger partial charge in [0, 0.05) is 37.7 Å². The van der Waals surface area contributed by atoms with Crippen molar-refractivity contribution in [3.8, 4) is 0 Å². The molecular formula is C14H23N3O. The molecule has 2 aliphatic heterocycles. The molecule has 1 N–H and O–H groups in total. The summed E-state index contributed by atoms with van der Waals surface area (Å²) in [5, 5.41) is 15.5. The van der Waals surface area contributed by atoms with Gasteiger partial charge in [-0.2, -0.15) is 5.10 Å². The van der Waals surface area contributed by atoms with Crippen LogP contribution < -0.4 is 0 Å². The SMILES string of the molecule is CC(C)n1ccc(CC2(O)CCN3CCC2C3)n1. The Morgan fingerprint density at radius 1 is 1.50 bits per heavy atom. The van der Waals surface area contributed by atoms with E-state index in [4.69, 9.17) is 0 Å². The summed E-state index contributed by atoms with van der Waals surface area (Å²) >= 11 is 0. The van der Waals surface area contributed by atoms with E-state index in [2.05, 4.69) is 29.9 Å². The van der Waals surface area contributed by atoms with Crippen molar-refractivity contribution in [3.05, 3.63) is 18.0 Å². The second kappa shape index (κ2) is 4.35. The lowest BCUT2D eigenvalue weighted by atomic mass is 9.79. The highest BCUT2D eigenvalue weighted by atomic mass is 16.3. The molecule has 0 saturated carbocycles. The number of piperidine rings is 1. The zero-order chi connectivity index (χ0) is 12.8. The lowest BCUT2D eigenvalue weighted by Gasteiger charge is -2.38. The normalized spacial score (nSPS) is 35.3. The molecule has 0 aromatic carbocycles. The van der Waals surface area contributed by atoms with Crippen molar-refractivity contribution in [1.29, 1.82) is 0 Å². The molecule has 2 aliphatic rings. The summed E-state index contributed by atoms with van der Waals surface area (Å²) in [6, 6.07) is 2.45. The molecule has 0 radical (unpaired) electrons. The minimum absolute atomic E-state index is 0.390. The molecule has 1 aromatic heterocycles. The molecule has 18 heavy (non-hydrogen) atoms. The van der Waals surface area contributed by atoms with E-state index < -0.39 is 5.60 Å². The van der Waals surface area contributed by atoms with E-state index in [1.165, 1.54) is 0 Å². The predicted octanol–water partition coefficient (Wildman–Crippen LogP) is 1.46. The maximum Gasteiger partial charge on any atom is 0.0756 e. The summed E-state index contributed by atoms with van der Waals surface area (Å²) in [5.74, 6) is 0.440. The quantitative estimate of drug-likeness (QED) is 0.882. The zero-order valence-electron chi connectivity index (χ0n) is 11.3. The molecule has 0 spiro atoms. The predicted molar refractivity (Wildman–Crippen MR) is 70.4 cm³/mol. The lowest BCUT2D eigenvalue weighted by Crippen LogP contribution is -2.47. The fraction of sp³-hybridized carbons (Fsp3) is 0.786. The Morgan fingerprint density at radius 2 is 2.33 bits per heavy atom. The van der Waals surface area contributed by atoms with Gasteiger partial charge in [-0.1, -0.05) is 0 Å². The fourth-order valence-corrected chi connectivity index (χ4v) is 3.34. The third-order valence-electron chi connectivity index (χ3n) is 4.57.